The molecular weight excluding hydrogens is 409 g/mol. The summed E-state index contributed by atoms with van der Waals surface area (Å²) in [5.74, 6) is 0.340. The summed E-state index contributed by atoms with van der Waals surface area (Å²) in [6.45, 7) is 0. The summed E-state index contributed by atoms with van der Waals surface area (Å²) in [6.07, 6.45) is 1.49. The lowest BCUT2D eigenvalue weighted by Gasteiger charge is -2.10. The molecule has 0 bridgehead atoms. The summed E-state index contributed by atoms with van der Waals surface area (Å²) in [7, 11) is 1.56. The van der Waals surface area contributed by atoms with Crippen LogP contribution in [0.15, 0.2) is 65.3 Å². The first-order valence-corrected chi connectivity index (χ1v) is 10.6. The van der Waals surface area contributed by atoms with Crippen LogP contribution >= 0.6 is 23.1 Å². The summed E-state index contributed by atoms with van der Waals surface area (Å²) >= 11 is 2.83. The molecule has 2 aromatic carbocycles. The van der Waals surface area contributed by atoms with Gasteiger partial charge < -0.3 is 10.1 Å². The summed E-state index contributed by atoms with van der Waals surface area (Å²) in [6, 6.07) is 13.6. The second kappa shape index (κ2) is 8.59. The quantitative estimate of drug-likeness (QED) is 0.338. The van der Waals surface area contributed by atoms with E-state index in [0.717, 1.165) is 21.3 Å². The minimum Gasteiger partial charge on any atom is -0.495 e. The van der Waals surface area contributed by atoms with Crippen molar-refractivity contribution in [1.82, 2.24) is 9.97 Å². The van der Waals surface area contributed by atoms with Crippen molar-refractivity contribution in [3.63, 3.8) is 0 Å². The van der Waals surface area contributed by atoms with Gasteiger partial charge in [-0.25, -0.2) is 14.4 Å². The number of methoxy groups -OCH3 is 1. The van der Waals surface area contributed by atoms with Crippen LogP contribution in [0, 0.1) is 5.82 Å². The maximum absolute atomic E-state index is 13.3. The van der Waals surface area contributed by atoms with Gasteiger partial charge in [-0.3, -0.25) is 4.79 Å². The highest BCUT2D eigenvalue weighted by Gasteiger charge is 2.15. The number of amides is 1. The summed E-state index contributed by atoms with van der Waals surface area (Å²) in [5.41, 5.74) is 2.43. The maximum Gasteiger partial charge on any atom is 0.234 e. The normalized spacial score (nSPS) is 10.8. The number of hydrogen-bond donors (Lipinski definition) is 1. The molecule has 0 atom stereocenters. The van der Waals surface area contributed by atoms with Gasteiger partial charge in [0, 0.05) is 10.9 Å². The number of anilines is 1. The SMILES string of the molecule is COc1ccccc1NC(=O)CSc1ncnc2scc(-c3ccc(F)cc3)c12. The number of ether oxygens (including phenoxy) is 1. The molecule has 2 heterocycles. The molecule has 0 unspecified atom stereocenters. The molecule has 0 fully saturated rings. The third-order valence-electron chi connectivity index (χ3n) is 4.21. The van der Waals surface area contributed by atoms with Crippen molar-refractivity contribution < 1.29 is 13.9 Å². The zero-order valence-corrected chi connectivity index (χ0v) is 17.0. The number of halogens is 1. The van der Waals surface area contributed by atoms with E-state index in [1.165, 1.54) is 41.6 Å². The molecule has 0 aliphatic heterocycles. The Morgan fingerprint density at radius 2 is 1.97 bits per heavy atom. The van der Waals surface area contributed by atoms with Crippen molar-refractivity contribution in [3.8, 4) is 16.9 Å². The minimum atomic E-state index is -0.285. The molecule has 1 amide bonds. The Balaban J connectivity index is 1.56. The first-order chi connectivity index (χ1) is 14.2. The van der Waals surface area contributed by atoms with Gasteiger partial charge in [0.2, 0.25) is 5.91 Å². The van der Waals surface area contributed by atoms with Gasteiger partial charge >= 0.3 is 0 Å². The Kier molecular flexibility index (Phi) is 5.73. The Morgan fingerprint density at radius 1 is 1.17 bits per heavy atom. The monoisotopic (exact) mass is 425 g/mol. The topological polar surface area (TPSA) is 64.1 Å². The fourth-order valence-corrected chi connectivity index (χ4v) is 4.66. The van der Waals surface area contributed by atoms with Crippen LogP contribution in [0.4, 0.5) is 10.1 Å². The van der Waals surface area contributed by atoms with Crippen LogP contribution in [0.3, 0.4) is 0 Å². The molecular formula is C21H16FN3O2S2. The molecule has 0 radical (unpaired) electrons. The van der Waals surface area contributed by atoms with Crippen molar-refractivity contribution >= 4 is 44.9 Å². The number of thioether (sulfide) groups is 1. The number of carbonyl (C=O) groups is 1. The van der Waals surface area contributed by atoms with Crippen LogP contribution in [-0.2, 0) is 4.79 Å². The second-order valence-electron chi connectivity index (χ2n) is 6.05. The van der Waals surface area contributed by atoms with Crippen LogP contribution in [0.25, 0.3) is 21.3 Å². The first kappa shape index (κ1) is 19.4. The number of carbonyl (C=O) groups excluding carboxylic acids is 1. The van der Waals surface area contributed by atoms with E-state index in [1.54, 1.807) is 31.4 Å². The number of para-hydroxylation sites is 2. The van der Waals surface area contributed by atoms with Gasteiger partial charge in [-0.1, -0.05) is 36.0 Å². The molecule has 4 aromatic rings. The zero-order valence-electron chi connectivity index (χ0n) is 15.4. The number of nitrogens with one attached hydrogen (secondary N) is 1. The predicted molar refractivity (Wildman–Crippen MR) is 115 cm³/mol. The predicted octanol–water partition coefficient (Wildman–Crippen LogP) is 5.24. The lowest BCUT2D eigenvalue weighted by Crippen LogP contribution is -2.14. The number of aromatic nitrogens is 2. The van der Waals surface area contributed by atoms with Gasteiger partial charge in [0.25, 0.3) is 0 Å². The fraction of sp³-hybridized carbons (Fsp3) is 0.0952. The van der Waals surface area contributed by atoms with E-state index in [4.69, 9.17) is 4.74 Å². The average Bonchev–Trinajstić information content (AvgIpc) is 3.18. The molecule has 0 aliphatic rings. The van der Waals surface area contributed by atoms with Crippen molar-refractivity contribution in [1.29, 1.82) is 0 Å². The molecule has 0 spiro atoms. The van der Waals surface area contributed by atoms with Gasteiger partial charge in [0.05, 0.1) is 23.9 Å². The van der Waals surface area contributed by atoms with Crippen molar-refractivity contribution in [2.75, 3.05) is 18.2 Å². The van der Waals surface area contributed by atoms with E-state index in [0.29, 0.717) is 16.5 Å². The van der Waals surface area contributed by atoms with Crippen molar-refractivity contribution in [2.24, 2.45) is 0 Å². The third kappa shape index (κ3) is 4.23. The van der Waals surface area contributed by atoms with E-state index in [2.05, 4.69) is 15.3 Å². The highest BCUT2D eigenvalue weighted by Crippen LogP contribution is 2.38. The van der Waals surface area contributed by atoms with Crippen molar-refractivity contribution in [3.05, 3.63) is 66.1 Å². The van der Waals surface area contributed by atoms with Crippen molar-refractivity contribution in [2.45, 2.75) is 5.03 Å². The Hall–Kier alpha value is -2.97. The molecule has 2 aromatic heterocycles. The van der Waals surface area contributed by atoms with Gasteiger partial charge in [0.1, 0.15) is 27.8 Å². The first-order valence-electron chi connectivity index (χ1n) is 8.69. The second-order valence-corrected chi connectivity index (χ2v) is 7.87. The Labute approximate surface area is 175 Å². The van der Waals surface area contributed by atoms with Crippen LogP contribution in [0.5, 0.6) is 5.75 Å². The standard InChI is InChI=1S/C21H16FN3O2S2/c1-27-17-5-3-2-4-16(17)25-18(26)11-29-21-19-15(10-28-20(19)23-12-24-21)13-6-8-14(22)9-7-13/h2-10,12H,11H2,1H3,(H,25,26). The van der Waals surface area contributed by atoms with Gasteiger partial charge in [-0.2, -0.15) is 0 Å². The minimum absolute atomic E-state index is 0.162. The number of thiophene rings is 1. The molecule has 4 rings (SSSR count). The average molecular weight is 426 g/mol. The van der Waals surface area contributed by atoms with Gasteiger partial charge in [-0.15, -0.1) is 11.3 Å². The van der Waals surface area contributed by atoms with E-state index < -0.39 is 0 Å². The summed E-state index contributed by atoms with van der Waals surface area (Å²) in [4.78, 5) is 22.0. The molecule has 29 heavy (non-hydrogen) atoms. The van der Waals surface area contributed by atoms with E-state index >= 15 is 0 Å². The number of rotatable bonds is 6. The van der Waals surface area contributed by atoms with E-state index in [9.17, 15) is 9.18 Å². The van der Waals surface area contributed by atoms with Crippen LogP contribution < -0.4 is 10.1 Å². The van der Waals surface area contributed by atoms with Gasteiger partial charge in [-0.05, 0) is 29.8 Å². The highest BCUT2D eigenvalue weighted by atomic mass is 32.2. The molecule has 0 saturated carbocycles. The van der Waals surface area contributed by atoms with E-state index in [1.807, 2.05) is 17.5 Å². The number of fused-ring (bicyclic) bond motifs is 1. The Morgan fingerprint density at radius 3 is 2.76 bits per heavy atom. The fourth-order valence-electron chi connectivity index (χ4n) is 2.87. The molecule has 5 nitrogen and oxygen atoms in total. The van der Waals surface area contributed by atoms with Crippen LogP contribution in [-0.4, -0.2) is 28.7 Å². The van der Waals surface area contributed by atoms with E-state index in [-0.39, 0.29) is 17.5 Å². The maximum atomic E-state index is 13.3. The van der Waals surface area contributed by atoms with Gasteiger partial charge in [0.15, 0.2) is 0 Å². The van der Waals surface area contributed by atoms with Crippen LogP contribution in [0.2, 0.25) is 0 Å². The lowest BCUT2D eigenvalue weighted by atomic mass is 10.1. The molecule has 1 N–H and O–H groups in total. The number of benzene rings is 2. The molecule has 146 valence electrons. The van der Waals surface area contributed by atoms with Crippen LogP contribution in [0.1, 0.15) is 0 Å². The lowest BCUT2D eigenvalue weighted by molar-refractivity contribution is -0.113. The zero-order chi connectivity index (χ0) is 20.2. The summed E-state index contributed by atoms with van der Waals surface area (Å²) in [5, 5.41) is 6.42. The largest absolute Gasteiger partial charge is 0.495 e. The number of nitrogens with zero attached hydrogens (tertiary/aromatic N) is 2. The molecule has 0 aliphatic carbocycles. The Bertz CT molecular complexity index is 1160. The number of hydrogen-bond acceptors (Lipinski definition) is 6. The highest BCUT2D eigenvalue weighted by molar-refractivity contribution is 8.00. The summed E-state index contributed by atoms with van der Waals surface area (Å²) < 4.78 is 18.5. The molecule has 8 heteroatoms. The molecule has 0 saturated heterocycles. The third-order valence-corrected chi connectivity index (χ3v) is 6.09. The smallest absolute Gasteiger partial charge is 0.234 e.